The average molecular weight is 692 g/mol. The van der Waals surface area contributed by atoms with E-state index in [-0.39, 0.29) is 0 Å². The fourth-order valence-electron chi connectivity index (χ4n) is 5.87. The topological polar surface area (TPSA) is 336 Å². The fraction of sp³-hybridized carbons (Fsp3) is 0.962. The number of rotatable bonds is 10. The number of aliphatic hydroxyl groups excluding tert-OH is 12. The molecule has 4 heterocycles. The molecule has 21 heteroatoms. The number of ether oxygens (including phenoxy) is 7. The van der Waals surface area contributed by atoms with Crippen LogP contribution in [0.1, 0.15) is 13.8 Å². The first-order valence-corrected chi connectivity index (χ1v) is 15.0. The molecule has 1 amide bonds. The van der Waals surface area contributed by atoms with Crippen LogP contribution >= 0.6 is 0 Å². The Balaban J connectivity index is 1.72. The second kappa shape index (κ2) is 16.2. The molecule has 21 nitrogen and oxygen atoms in total. The van der Waals surface area contributed by atoms with E-state index in [1.165, 1.54) is 6.92 Å². The van der Waals surface area contributed by atoms with E-state index in [1.807, 2.05) is 0 Å². The van der Waals surface area contributed by atoms with Crippen molar-refractivity contribution in [3.8, 4) is 0 Å². The summed E-state index contributed by atoms with van der Waals surface area (Å²) in [6.07, 6.45) is -32.6. The highest BCUT2D eigenvalue weighted by molar-refractivity contribution is 5.73. The summed E-state index contributed by atoms with van der Waals surface area (Å²) in [5.41, 5.74) is 0. The Morgan fingerprint density at radius 3 is 1.60 bits per heavy atom. The summed E-state index contributed by atoms with van der Waals surface area (Å²) in [5.74, 6) is -0.765. The van der Waals surface area contributed by atoms with Crippen molar-refractivity contribution < 1.29 is 99.2 Å². The number of aliphatic hydroxyl groups is 12. The summed E-state index contributed by atoms with van der Waals surface area (Å²) >= 11 is 0. The highest BCUT2D eigenvalue weighted by Gasteiger charge is 2.56. The molecular formula is C26H45NO20. The van der Waals surface area contributed by atoms with Gasteiger partial charge in [-0.3, -0.25) is 4.79 Å². The van der Waals surface area contributed by atoms with Crippen molar-refractivity contribution in [2.75, 3.05) is 19.8 Å². The Morgan fingerprint density at radius 2 is 1.02 bits per heavy atom. The summed E-state index contributed by atoms with van der Waals surface area (Å²) in [7, 11) is 0. The molecule has 0 aliphatic carbocycles. The lowest BCUT2D eigenvalue weighted by molar-refractivity contribution is -0.387. The number of nitrogens with one attached hydrogen (secondary N) is 1. The molecule has 0 aromatic heterocycles. The summed E-state index contributed by atoms with van der Waals surface area (Å²) in [6, 6.07) is -1.62. The molecule has 47 heavy (non-hydrogen) atoms. The third-order valence-electron chi connectivity index (χ3n) is 8.57. The molecule has 0 bridgehead atoms. The zero-order chi connectivity index (χ0) is 34.9. The van der Waals surface area contributed by atoms with Crippen LogP contribution in [0.4, 0.5) is 0 Å². The first-order valence-electron chi connectivity index (χ1n) is 15.0. The van der Waals surface area contributed by atoms with E-state index in [1.54, 1.807) is 0 Å². The second-order valence-corrected chi connectivity index (χ2v) is 11.9. The molecule has 0 aromatic carbocycles. The molecule has 4 saturated heterocycles. The van der Waals surface area contributed by atoms with Crippen LogP contribution in [0.3, 0.4) is 0 Å². The Bertz CT molecular complexity index is 1010. The van der Waals surface area contributed by atoms with Crippen molar-refractivity contribution in [2.24, 2.45) is 0 Å². The Kier molecular flexibility index (Phi) is 13.2. The first kappa shape index (κ1) is 38.5. The van der Waals surface area contributed by atoms with Crippen molar-refractivity contribution in [3.05, 3.63) is 0 Å². The van der Waals surface area contributed by atoms with E-state index >= 15 is 0 Å². The molecular weight excluding hydrogens is 646 g/mol. The monoisotopic (exact) mass is 691 g/mol. The molecule has 4 fully saturated rings. The predicted octanol–water partition coefficient (Wildman–Crippen LogP) is -8.58. The lowest BCUT2D eigenvalue weighted by atomic mass is 9.94. The lowest BCUT2D eigenvalue weighted by Crippen LogP contribution is -2.71. The zero-order valence-electron chi connectivity index (χ0n) is 25.3. The minimum Gasteiger partial charge on any atom is -0.394 e. The maximum atomic E-state index is 12.5. The molecule has 0 spiro atoms. The van der Waals surface area contributed by atoms with Gasteiger partial charge in [0.2, 0.25) is 5.91 Å². The van der Waals surface area contributed by atoms with E-state index in [4.69, 9.17) is 33.2 Å². The van der Waals surface area contributed by atoms with Gasteiger partial charge in [-0.15, -0.1) is 0 Å². The van der Waals surface area contributed by atoms with Crippen molar-refractivity contribution in [1.82, 2.24) is 5.32 Å². The van der Waals surface area contributed by atoms with Gasteiger partial charge >= 0.3 is 0 Å². The Morgan fingerprint density at radius 1 is 0.553 bits per heavy atom. The van der Waals surface area contributed by atoms with Gasteiger partial charge < -0.3 is 99.8 Å². The van der Waals surface area contributed by atoms with Gasteiger partial charge in [0.15, 0.2) is 25.2 Å². The van der Waals surface area contributed by atoms with Gasteiger partial charge in [0.05, 0.1) is 25.9 Å². The maximum absolute atomic E-state index is 12.5. The smallest absolute Gasteiger partial charge is 0.217 e. The van der Waals surface area contributed by atoms with Crippen LogP contribution in [0.15, 0.2) is 0 Å². The van der Waals surface area contributed by atoms with E-state index in [0.717, 1.165) is 6.92 Å². The van der Waals surface area contributed by atoms with Crippen LogP contribution in [-0.2, 0) is 38.0 Å². The summed E-state index contributed by atoms with van der Waals surface area (Å²) in [6.45, 7) is -0.116. The van der Waals surface area contributed by atoms with Crippen LogP contribution in [0.2, 0.25) is 0 Å². The van der Waals surface area contributed by atoms with Crippen LogP contribution in [0.25, 0.3) is 0 Å². The third kappa shape index (κ3) is 8.04. The molecule has 0 saturated carbocycles. The lowest BCUT2D eigenvalue weighted by Gasteiger charge is -2.51. The quantitative estimate of drug-likeness (QED) is 0.101. The first-order chi connectivity index (χ1) is 22.1. The number of carbonyl (C=O) groups is 1. The number of hydrogen-bond donors (Lipinski definition) is 13. The van der Waals surface area contributed by atoms with E-state index in [9.17, 15) is 66.1 Å². The Labute approximate surface area is 267 Å². The minimum atomic E-state index is -1.99. The molecule has 274 valence electrons. The molecule has 4 aliphatic heterocycles. The highest BCUT2D eigenvalue weighted by atomic mass is 16.8. The molecule has 13 N–H and O–H groups in total. The third-order valence-corrected chi connectivity index (χ3v) is 8.57. The van der Waals surface area contributed by atoms with Gasteiger partial charge in [-0.05, 0) is 6.92 Å². The maximum Gasteiger partial charge on any atom is 0.217 e. The largest absolute Gasteiger partial charge is 0.394 e. The van der Waals surface area contributed by atoms with E-state index in [0.29, 0.717) is 0 Å². The fourth-order valence-corrected chi connectivity index (χ4v) is 5.87. The molecule has 4 aliphatic rings. The van der Waals surface area contributed by atoms with Crippen LogP contribution < -0.4 is 5.32 Å². The van der Waals surface area contributed by atoms with Crippen molar-refractivity contribution in [1.29, 1.82) is 0 Å². The SMILES string of the molecule is CC(=O)N[C@H]1[C@H](O[C@H]2[C@@H](O)[C@H](O)[C@@H](CO)O[C@@H]2O)O[C@H](CO)[C@@H](O[C@@H]2O[C@@H](C)[C@@H](O)[C@@H](O)[C@@H]2O)[C@@H]1O[C@@H]1O[C@H](CO)[C@H](O)[C@H](O)[C@H]1O. The average Bonchev–Trinajstić information content (AvgIpc) is 3.04. The minimum absolute atomic E-state index is 0.765. The van der Waals surface area contributed by atoms with Gasteiger partial charge in [0.1, 0.15) is 91.5 Å². The van der Waals surface area contributed by atoms with Crippen molar-refractivity contribution in [2.45, 2.75) is 137 Å². The standard InChI is InChI=1S/C26H45NO20/c1-6-12(32)15(35)18(38)25(41-6)45-20-10(5-30)44-24(47-22-17(37)14(34)8(3-28)42-23(22)40)11(27-7(2)31)21(20)46-26-19(39)16(36)13(33)9(4-29)43-26/h6,8-26,28-30,32-40H,3-5H2,1-2H3,(H,27,31)/t6-,8+,9+,10+,11+,12+,13-,14+,15+,16-,17-,18-,19+,20+,21+,22-,23-,24-,25-,26-/m0/s1. The normalized spacial score (nSPS) is 51.0. The number of amides is 1. The molecule has 0 radical (unpaired) electrons. The van der Waals surface area contributed by atoms with Crippen molar-refractivity contribution in [3.63, 3.8) is 0 Å². The van der Waals surface area contributed by atoms with Gasteiger partial charge in [-0.2, -0.15) is 0 Å². The van der Waals surface area contributed by atoms with Crippen molar-refractivity contribution >= 4 is 5.91 Å². The van der Waals surface area contributed by atoms with Gasteiger partial charge in [0, 0.05) is 6.92 Å². The molecule has 0 unspecified atom stereocenters. The highest BCUT2D eigenvalue weighted by Crippen LogP contribution is 2.35. The van der Waals surface area contributed by atoms with Gasteiger partial charge in [0.25, 0.3) is 0 Å². The van der Waals surface area contributed by atoms with Gasteiger partial charge in [-0.1, -0.05) is 0 Å². The molecule has 4 rings (SSSR count). The summed E-state index contributed by atoms with van der Waals surface area (Å²) in [5, 5.41) is 126. The summed E-state index contributed by atoms with van der Waals surface area (Å²) in [4.78, 5) is 12.5. The zero-order valence-corrected chi connectivity index (χ0v) is 25.3. The van der Waals surface area contributed by atoms with Crippen LogP contribution in [0.5, 0.6) is 0 Å². The van der Waals surface area contributed by atoms with E-state index < -0.39 is 148 Å². The Hall–Kier alpha value is -1.29. The van der Waals surface area contributed by atoms with Crippen LogP contribution in [-0.4, -0.2) is 210 Å². The second-order valence-electron chi connectivity index (χ2n) is 11.9. The molecule has 0 aromatic rings. The molecule has 20 atom stereocenters. The number of carbonyl (C=O) groups excluding carboxylic acids is 1. The van der Waals surface area contributed by atoms with Crippen LogP contribution in [0, 0.1) is 0 Å². The van der Waals surface area contributed by atoms with Gasteiger partial charge in [-0.25, -0.2) is 0 Å². The predicted molar refractivity (Wildman–Crippen MR) is 144 cm³/mol. The summed E-state index contributed by atoms with van der Waals surface area (Å²) < 4.78 is 39.6. The number of hydrogen-bond acceptors (Lipinski definition) is 20. The van der Waals surface area contributed by atoms with E-state index in [2.05, 4.69) is 5.32 Å².